The van der Waals surface area contributed by atoms with Gasteiger partial charge in [0.1, 0.15) is 18.1 Å². The van der Waals surface area contributed by atoms with Gasteiger partial charge in [0.25, 0.3) is 0 Å². The van der Waals surface area contributed by atoms with Crippen molar-refractivity contribution in [3.05, 3.63) is 132 Å². The molecule has 0 saturated heterocycles. The van der Waals surface area contributed by atoms with E-state index in [1.807, 2.05) is 84.9 Å². The van der Waals surface area contributed by atoms with E-state index in [1.54, 1.807) is 13.2 Å². The number of hydrogen-bond acceptors (Lipinski definition) is 3. The summed E-state index contributed by atoms with van der Waals surface area (Å²) in [5.41, 5.74) is 12.5. The first-order valence-electron chi connectivity index (χ1n) is 12.8. The molecule has 0 bridgehead atoms. The maximum Gasteiger partial charge on any atom is 0.249 e. The van der Waals surface area contributed by atoms with Crippen molar-refractivity contribution in [1.82, 2.24) is 4.57 Å². The van der Waals surface area contributed by atoms with Crippen LogP contribution in [-0.2, 0) is 13.2 Å². The maximum absolute atomic E-state index is 12.3. The topological polar surface area (TPSA) is 66.5 Å². The van der Waals surface area contributed by atoms with Crippen molar-refractivity contribution in [2.45, 2.75) is 13.2 Å². The molecule has 6 aromatic rings. The summed E-state index contributed by atoms with van der Waals surface area (Å²) in [4.78, 5) is 12.3. The number of carbonyl (C=O) groups excluding carboxylic acids is 1. The molecule has 0 fully saturated rings. The monoisotopic (exact) mass is 511 g/mol. The van der Waals surface area contributed by atoms with Gasteiger partial charge in [-0.05, 0) is 76.9 Å². The molecule has 0 aliphatic rings. The minimum absolute atomic E-state index is 0.452. The lowest BCUT2D eigenvalue weighted by atomic mass is 10.0. The smallest absolute Gasteiger partial charge is 0.249 e. The Morgan fingerprint density at radius 2 is 1.54 bits per heavy atom. The van der Waals surface area contributed by atoms with Gasteiger partial charge in [-0.15, -0.1) is 0 Å². The molecule has 191 valence electrons. The Labute approximate surface area is 227 Å². The molecule has 1 aromatic heterocycles. The molecule has 1 amide bonds. The van der Waals surface area contributed by atoms with E-state index in [4.69, 9.17) is 15.2 Å². The zero-order valence-corrected chi connectivity index (χ0v) is 21.6. The average molecular weight is 512 g/mol. The van der Waals surface area contributed by atoms with Gasteiger partial charge in [-0.2, -0.15) is 0 Å². The van der Waals surface area contributed by atoms with Crippen LogP contribution in [0.15, 0.2) is 109 Å². The first-order chi connectivity index (χ1) is 19.1. The Hall–Kier alpha value is -5.03. The molecule has 0 aliphatic heterocycles. The van der Waals surface area contributed by atoms with Gasteiger partial charge in [0.05, 0.1) is 18.1 Å². The number of hydrogen-bond donors (Lipinski definition) is 1. The number of fused-ring (bicyclic) bond motifs is 3. The lowest BCUT2D eigenvalue weighted by molar-refractivity contribution is 0.100. The molecule has 1 heterocycles. The second kappa shape index (κ2) is 10.4. The Bertz CT molecular complexity index is 1770. The molecule has 5 nitrogen and oxygen atoms in total. The van der Waals surface area contributed by atoms with Gasteiger partial charge in [-0.1, -0.05) is 60.7 Å². The lowest BCUT2D eigenvalue weighted by Gasteiger charge is -2.11. The fourth-order valence-electron chi connectivity index (χ4n) is 5.00. The van der Waals surface area contributed by atoms with Gasteiger partial charge in [0, 0.05) is 22.9 Å². The van der Waals surface area contributed by atoms with Gasteiger partial charge >= 0.3 is 0 Å². The molecule has 39 heavy (non-hydrogen) atoms. The zero-order chi connectivity index (χ0) is 26.8. The van der Waals surface area contributed by atoms with Crippen LogP contribution < -0.4 is 15.2 Å². The number of amides is 1. The van der Waals surface area contributed by atoms with Crippen LogP contribution in [0.3, 0.4) is 0 Å². The summed E-state index contributed by atoms with van der Waals surface area (Å²) in [5.74, 6) is 1.17. The standard InChI is InChI=1S/C34H27N2O3/c1-38-27-17-12-25(13-18-27)26-14-19-29-32(20-26)36(31-9-5-8-30(33(29)31)34(35)37)21-23-10-15-28(16-11-23)39-22-24-6-3-2-4-7-24/h2-18,20H,21-22H2,1H3,(H2,35,37). The minimum Gasteiger partial charge on any atom is -0.497 e. The predicted octanol–water partition coefficient (Wildman–Crippen LogP) is 7.00. The quantitative estimate of drug-likeness (QED) is 0.239. The van der Waals surface area contributed by atoms with Gasteiger partial charge in [0.2, 0.25) is 5.91 Å². The highest BCUT2D eigenvalue weighted by Gasteiger charge is 2.17. The molecule has 0 spiro atoms. The van der Waals surface area contributed by atoms with Crippen molar-refractivity contribution >= 4 is 27.7 Å². The molecule has 2 N–H and O–H groups in total. The number of nitrogens with zero attached hydrogens (tertiary/aromatic N) is 1. The molecule has 6 rings (SSSR count). The van der Waals surface area contributed by atoms with Gasteiger partial charge < -0.3 is 19.8 Å². The SMILES string of the molecule is COc1ccc(-c2c[c]c3c4c(C(N)=O)cccc4n(Cc4ccc(OCc5ccccc5)cc4)c3c2)cc1. The van der Waals surface area contributed by atoms with E-state index in [9.17, 15) is 4.79 Å². The van der Waals surface area contributed by atoms with E-state index in [2.05, 4.69) is 28.8 Å². The van der Waals surface area contributed by atoms with E-state index in [0.29, 0.717) is 18.7 Å². The summed E-state index contributed by atoms with van der Waals surface area (Å²) in [7, 11) is 1.66. The summed E-state index contributed by atoms with van der Waals surface area (Å²) in [6.07, 6.45) is 0. The summed E-state index contributed by atoms with van der Waals surface area (Å²) in [6.45, 7) is 1.13. The first-order valence-corrected chi connectivity index (χ1v) is 12.8. The van der Waals surface area contributed by atoms with Crippen molar-refractivity contribution in [2.75, 3.05) is 7.11 Å². The van der Waals surface area contributed by atoms with Crippen LogP contribution in [0, 0.1) is 6.07 Å². The van der Waals surface area contributed by atoms with Gasteiger partial charge in [-0.3, -0.25) is 4.79 Å². The van der Waals surface area contributed by atoms with Gasteiger partial charge in [0.15, 0.2) is 0 Å². The van der Waals surface area contributed by atoms with E-state index in [0.717, 1.165) is 55.6 Å². The largest absolute Gasteiger partial charge is 0.497 e. The Morgan fingerprint density at radius 3 is 2.26 bits per heavy atom. The van der Waals surface area contributed by atoms with Crippen molar-refractivity contribution in [1.29, 1.82) is 0 Å². The summed E-state index contributed by atoms with van der Waals surface area (Å²) in [5, 5.41) is 1.70. The normalized spacial score (nSPS) is 11.1. The van der Waals surface area contributed by atoms with Crippen LogP contribution in [0.5, 0.6) is 11.5 Å². The molecule has 0 unspecified atom stereocenters. The molecular formula is C34H27N2O3. The fourth-order valence-corrected chi connectivity index (χ4v) is 5.00. The van der Waals surface area contributed by atoms with Crippen LogP contribution in [0.1, 0.15) is 21.5 Å². The van der Waals surface area contributed by atoms with Crippen LogP contribution in [0.25, 0.3) is 32.9 Å². The van der Waals surface area contributed by atoms with Crippen LogP contribution >= 0.6 is 0 Å². The lowest BCUT2D eigenvalue weighted by Crippen LogP contribution is -2.11. The van der Waals surface area contributed by atoms with Gasteiger partial charge in [-0.25, -0.2) is 0 Å². The first kappa shape index (κ1) is 24.3. The van der Waals surface area contributed by atoms with E-state index in [-0.39, 0.29) is 0 Å². The third-order valence-corrected chi connectivity index (χ3v) is 7.00. The van der Waals surface area contributed by atoms with Crippen LogP contribution in [0.4, 0.5) is 0 Å². The maximum atomic E-state index is 12.3. The van der Waals surface area contributed by atoms with Crippen molar-refractivity contribution in [3.8, 4) is 22.6 Å². The highest BCUT2D eigenvalue weighted by atomic mass is 16.5. The third-order valence-electron chi connectivity index (χ3n) is 7.00. The Balaban J connectivity index is 1.39. The molecular weight excluding hydrogens is 484 g/mol. The number of ether oxygens (including phenoxy) is 2. The average Bonchev–Trinajstić information content (AvgIpc) is 3.30. The number of carbonyl (C=O) groups is 1. The molecule has 0 atom stereocenters. The number of aromatic nitrogens is 1. The van der Waals surface area contributed by atoms with Crippen LogP contribution in [-0.4, -0.2) is 17.6 Å². The van der Waals surface area contributed by atoms with Crippen molar-refractivity contribution < 1.29 is 14.3 Å². The minimum atomic E-state index is -0.452. The van der Waals surface area contributed by atoms with E-state index in [1.165, 1.54) is 0 Å². The number of nitrogens with two attached hydrogens (primary N) is 1. The number of benzene rings is 5. The molecule has 0 aliphatic carbocycles. The highest BCUT2D eigenvalue weighted by Crippen LogP contribution is 2.35. The molecule has 5 heteroatoms. The molecule has 5 aromatic carbocycles. The highest BCUT2D eigenvalue weighted by molar-refractivity contribution is 6.18. The zero-order valence-electron chi connectivity index (χ0n) is 21.6. The number of methoxy groups -OCH3 is 1. The Morgan fingerprint density at radius 1 is 0.795 bits per heavy atom. The number of primary amides is 1. The Kier molecular flexibility index (Phi) is 6.47. The summed E-state index contributed by atoms with van der Waals surface area (Å²) >= 11 is 0. The molecule has 1 radical (unpaired) electrons. The van der Waals surface area contributed by atoms with E-state index < -0.39 is 5.91 Å². The number of rotatable bonds is 8. The van der Waals surface area contributed by atoms with Crippen LogP contribution in [0.2, 0.25) is 0 Å². The van der Waals surface area contributed by atoms with Crippen molar-refractivity contribution in [2.24, 2.45) is 5.73 Å². The second-order valence-electron chi connectivity index (χ2n) is 9.45. The summed E-state index contributed by atoms with van der Waals surface area (Å²) in [6, 6.07) is 39.5. The van der Waals surface area contributed by atoms with Crippen molar-refractivity contribution in [3.63, 3.8) is 0 Å². The molecule has 0 saturated carbocycles. The predicted molar refractivity (Wildman–Crippen MR) is 155 cm³/mol. The van der Waals surface area contributed by atoms with E-state index >= 15 is 0 Å². The third kappa shape index (κ3) is 4.82. The fraction of sp³-hybridized carbons (Fsp3) is 0.0882. The summed E-state index contributed by atoms with van der Waals surface area (Å²) < 4.78 is 13.5. The second-order valence-corrected chi connectivity index (χ2v) is 9.45.